The van der Waals surface area contributed by atoms with Gasteiger partial charge in [0.05, 0.1) is 0 Å². The summed E-state index contributed by atoms with van der Waals surface area (Å²) in [5, 5.41) is 2.00. The largest absolute Gasteiger partial charge is 0.598 e. The van der Waals surface area contributed by atoms with Gasteiger partial charge < -0.3 is 9.29 Å². The van der Waals surface area contributed by atoms with E-state index in [-0.39, 0.29) is 5.56 Å². The first kappa shape index (κ1) is 26.5. The van der Waals surface area contributed by atoms with Crippen molar-refractivity contribution in [2.75, 3.05) is 13.2 Å². The molecule has 188 valence electrons. The molecule has 0 aliphatic carbocycles. The minimum absolute atomic E-state index is 0.191. The molecule has 2 saturated heterocycles. The van der Waals surface area contributed by atoms with Gasteiger partial charge in [0.1, 0.15) is 22.5 Å². The average Bonchev–Trinajstić information content (AvgIpc) is 2.74. The van der Waals surface area contributed by atoms with Gasteiger partial charge in [0.15, 0.2) is 0 Å². The van der Waals surface area contributed by atoms with Crippen molar-refractivity contribution in [3.8, 4) is 0 Å². The molecule has 2 fully saturated rings. The zero-order valence-electron chi connectivity index (χ0n) is 19.1. The van der Waals surface area contributed by atoms with Crippen molar-refractivity contribution in [2.45, 2.75) is 62.8 Å². The van der Waals surface area contributed by atoms with Crippen LogP contribution in [-0.2, 0) is 25.7 Å². The Morgan fingerprint density at radius 2 is 1.88 bits per heavy atom. The molecule has 0 aromatic heterocycles. The highest BCUT2D eigenvalue weighted by atomic mass is 32.2. The van der Waals surface area contributed by atoms with E-state index in [2.05, 4.69) is 4.72 Å². The zero-order chi connectivity index (χ0) is 25.3. The molecule has 2 heterocycles. The lowest BCUT2D eigenvalue weighted by atomic mass is 9.89. The summed E-state index contributed by atoms with van der Waals surface area (Å²) in [5.41, 5.74) is -0.191. The third-order valence-electron chi connectivity index (χ3n) is 5.72. The molecular weight excluding hydrogens is 475 g/mol. The Morgan fingerprint density at radius 3 is 2.47 bits per heavy atom. The van der Waals surface area contributed by atoms with Gasteiger partial charge in [-0.05, 0) is 51.3 Å². The predicted octanol–water partition coefficient (Wildman–Crippen LogP) is 2.82. The van der Waals surface area contributed by atoms with Crippen LogP contribution in [-0.4, -0.2) is 57.2 Å². The Hall–Kier alpha value is -2.15. The smallest absolute Gasteiger partial charge is 0.331 e. The van der Waals surface area contributed by atoms with Gasteiger partial charge in [-0.3, -0.25) is 19.8 Å². The van der Waals surface area contributed by atoms with Crippen LogP contribution in [0.15, 0.2) is 24.3 Å². The van der Waals surface area contributed by atoms with Crippen LogP contribution < -0.4 is 10.0 Å². The van der Waals surface area contributed by atoms with Crippen LogP contribution in [0.4, 0.5) is 18.0 Å². The van der Waals surface area contributed by atoms with Gasteiger partial charge in [-0.25, -0.2) is 18.0 Å². The van der Waals surface area contributed by atoms with Gasteiger partial charge in [-0.1, -0.05) is 12.1 Å². The van der Waals surface area contributed by atoms with Gasteiger partial charge in [-0.15, -0.1) is 4.72 Å². The van der Waals surface area contributed by atoms with Crippen molar-refractivity contribution < 1.29 is 36.8 Å². The van der Waals surface area contributed by atoms with Crippen LogP contribution in [0, 0.1) is 11.7 Å². The lowest BCUT2D eigenvalue weighted by molar-refractivity contribution is -0.151. The van der Waals surface area contributed by atoms with Gasteiger partial charge in [0, 0.05) is 37.0 Å². The number of carbonyl (C=O) groups is 3. The van der Waals surface area contributed by atoms with E-state index in [1.54, 1.807) is 20.8 Å². The number of nitrogens with zero attached hydrogens (tertiary/aromatic N) is 1. The molecule has 4 amide bonds. The fourth-order valence-electron chi connectivity index (χ4n) is 3.86. The third kappa shape index (κ3) is 5.91. The fourth-order valence-corrected chi connectivity index (χ4v) is 4.74. The van der Waals surface area contributed by atoms with Gasteiger partial charge in [0.2, 0.25) is 11.8 Å². The fraction of sp³-hybridized carbons (Fsp3) is 0.591. The van der Waals surface area contributed by atoms with Crippen molar-refractivity contribution in [3.63, 3.8) is 0 Å². The van der Waals surface area contributed by atoms with Crippen LogP contribution in [0.25, 0.3) is 0 Å². The van der Waals surface area contributed by atoms with E-state index in [9.17, 15) is 23.3 Å². The van der Waals surface area contributed by atoms with E-state index in [0.717, 1.165) is 17.0 Å². The van der Waals surface area contributed by atoms with Crippen molar-refractivity contribution in [3.05, 3.63) is 35.6 Å². The minimum Gasteiger partial charge on any atom is -0.598 e. The summed E-state index contributed by atoms with van der Waals surface area (Å²) in [4.78, 5) is 38.6. The number of urea groups is 1. The molecular formula is C22H28F3N3O5S. The molecule has 2 aliphatic heterocycles. The van der Waals surface area contributed by atoms with Crippen LogP contribution in [0.5, 0.6) is 0 Å². The highest BCUT2D eigenvalue weighted by Crippen LogP contribution is 2.40. The summed E-state index contributed by atoms with van der Waals surface area (Å²) >= 11 is -1.98. The minimum atomic E-state index is -3.81. The summed E-state index contributed by atoms with van der Waals surface area (Å²) in [6.45, 7) is 5.31. The molecule has 12 heteroatoms. The second-order valence-corrected chi connectivity index (χ2v) is 11.3. The molecule has 3 atom stereocenters. The highest BCUT2D eigenvalue weighted by molar-refractivity contribution is 7.90. The second kappa shape index (κ2) is 10.2. The van der Waals surface area contributed by atoms with Gasteiger partial charge in [-0.2, -0.15) is 0 Å². The number of rotatable bonds is 7. The quantitative estimate of drug-likeness (QED) is 0.437. The van der Waals surface area contributed by atoms with Crippen molar-refractivity contribution in [2.24, 2.45) is 5.92 Å². The van der Waals surface area contributed by atoms with E-state index in [1.165, 1.54) is 12.1 Å². The van der Waals surface area contributed by atoms with Crippen molar-refractivity contribution >= 4 is 29.2 Å². The Balaban J connectivity index is 1.90. The lowest BCUT2D eigenvalue weighted by Gasteiger charge is -2.39. The molecule has 1 aromatic carbocycles. The number of barbiturate groups is 1. The monoisotopic (exact) mass is 503 g/mol. The first-order chi connectivity index (χ1) is 15.8. The zero-order valence-corrected chi connectivity index (χ0v) is 19.9. The third-order valence-corrected chi connectivity index (χ3v) is 7.28. The number of halogens is 3. The van der Waals surface area contributed by atoms with E-state index >= 15 is 8.78 Å². The van der Waals surface area contributed by atoms with Gasteiger partial charge in [0.25, 0.3) is 5.92 Å². The molecule has 34 heavy (non-hydrogen) atoms. The topological polar surface area (TPSA) is 111 Å². The second-order valence-electron chi connectivity index (χ2n) is 9.35. The number of carbonyl (C=O) groups excluding carboxylic acids is 3. The number of hydrogen-bond donors (Lipinski definition) is 2. The maximum atomic E-state index is 15.7. The summed E-state index contributed by atoms with van der Waals surface area (Å²) < 4.78 is 64.5. The number of benzene rings is 1. The van der Waals surface area contributed by atoms with Crippen molar-refractivity contribution in [1.29, 1.82) is 0 Å². The number of ether oxygens (including phenoxy) is 1. The number of amides is 4. The molecule has 2 N–H and O–H groups in total. The number of hydrogen-bond acceptors (Lipinski definition) is 6. The lowest BCUT2D eigenvalue weighted by Crippen LogP contribution is -2.62. The molecule has 0 bridgehead atoms. The van der Waals surface area contributed by atoms with E-state index < -0.39 is 70.1 Å². The Morgan fingerprint density at radius 1 is 1.24 bits per heavy atom. The first-order valence-electron chi connectivity index (χ1n) is 10.9. The predicted molar refractivity (Wildman–Crippen MR) is 117 cm³/mol. The van der Waals surface area contributed by atoms with Crippen LogP contribution >= 0.6 is 0 Å². The average molecular weight is 504 g/mol. The Kier molecular flexibility index (Phi) is 7.96. The summed E-state index contributed by atoms with van der Waals surface area (Å²) in [6, 6.07) is 0.958. The van der Waals surface area contributed by atoms with Gasteiger partial charge >= 0.3 is 6.03 Å². The molecule has 0 saturated carbocycles. The molecule has 2 aliphatic rings. The van der Waals surface area contributed by atoms with E-state index in [4.69, 9.17) is 4.74 Å². The maximum absolute atomic E-state index is 15.7. The number of nitrogens with one attached hydrogen (secondary N) is 2. The number of alkyl halides is 2. The SMILES string of the molecule is CC(C)(C)[S@+]([O-])N[C@@H](c1cccc(F)c1)C(F)(F)C[C@H]1C(=O)NC(=O)N(C2CCOCC2)C1=O. The van der Waals surface area contributed by atoms with E-state index in [0.29, 0.717) is 26.1 Å². The molecule has 3 rings (SSSR count). The Labute approximate surface area is 198 Å². The van der Waals surface area contributed by atoms with Crippen LogP contribution in [0.1, 0.15) is 51.6 Å². The molecule has 1 aromatic rings. The summed E-state index contributed by atoms with van der Waals surface area (Å²) in [6.07, 6.45) is -0.608. The normalized spacial score (nSPS) is 22.5. The molecule has 8 nitrogen and oxygen atoms in total. The number of imide groups is 2. The first-order valence-corrected chi connectivity index (χ1v) is 12.0. The van der Waals surface area contributed by atoms with Crippen molar-refractivity contribution in [1.82, 2.24) is 14.9 Å². The van der Waals surface area contributed by atoms with E-state index in [1.807, 2.05) is 5.32 Å². The van der Waals surface area contributed by atoms with Crippen LogP contribution in [0.3, 0.4) is 0 Å². The summed E-state index contributed by atoms with van der Waals surface area (Å²) in [5.74, 6) is -8.59. The molecule has 0 radical (unpaired) electrons. The maximum Gasteiger partial charge on any atom is 0.331 e. The summed E-state index contributed by atoms with van der Waals surface area (Å²) in [7, 11) is 0. The molecule has 0 unspecified atom stereocenters. The standard InChI is InChI=1S/C22H28F3N3O5S/c1-21(2,3)34(32)27-17(13-5-4-6-14(23)11-13)22(24,25)12-16-18(29)26-20(31)28(19(16)30)15-7-9-33-10-8-15/h4-6,11,15-17,27H,7-10,12H2,1-3H3,(H,26,29,31)/t16-,17-,34-/m0/s1. The Bertz CT molecular complexity index is 937. The van der Waals surface area contributed by atoms with Crippen LogP contribution in [0.2, 0.25) is 0 Å². The highest BCUT2D eigenvalue weighted by Gasteiger charge is 2.52. The molecule has 0 spiro atoms.